The van der Waals surface area contributed by atoms with E-state index in [-0.39, 0.29) is 16.8 Å². The number of ether oxygens (including phenoxy) is 1. The zero-order valence-corrected chi connectivity index (χ0v) is 11.9. The summed E-state index contributed by atoms with van der Waals surface area (Å²) in [7, 11) is 5.22. The molecule has 1 aromatic carbocycles. The second-order valence-corrected chi connectivity index (χ2v) is 4.45. The summed E-state index contributed by atoms with van der Waals surface area (Å²) < 4.78 is 19.1. The molecule has 0 saturated carbocycles. The van der Waals surface area contributed by atoms with Crippen molar-refractivity contribution in [2.45, 2.75) is 0 Å². The maximum Gasteiger partial charge on any atom is 0.328 e. The van der Waals surface area contributed by atoms with Gasteiger partial charge in [0.25, 0.3) is 0 Å². The van der Waals surface area contributed by atoms with Crippen molar-refractivity contribution in [3.05, 3.63) is 29.0 Å². The van der Waals surface area contributed by atoms with Crippen LogP contribution in [0.15, 0.2) is 18.2 Å². The molecule has 0 unspecified atom stereocenters. The minimum Gasteiger partial charge on any atom is -0.421 e. The maximum absolute atomic E-state index is 13.8. The van der Waals surface area contributed by atoms with Crippen molar-refractivity contribution < 1.29 is 9.13 Å². The molecule has 0 aliphatic heterocycles. The summed E-state index contributed by atoms with van der Waals surface area (Å²) in [5.74, 6) is 0.00497. The summed E-state index contributed by atoms with van der Waals surface area (Å²) in [5, 5.41) is 2.76. The second-order valence-electron chi connectivity index (χ2n) is 4.04. The summed E-state index contributed by atoms with van der Waals surface area (Å²) in [4.78, 5) is 13.9. The molecular weight excluding hydrogens is 285 g/mol. The van der Waals surface area contributed by atoms with E-state index in [0.717, 1.165) is 0 Å². The van der Waals surface area contributed by atoms with Gasteiger partial charge in [0.05, 0.1) is 5.02 Å². The van der Waals surface area contributed by atoms with Crippen molar-refractivity contribution >= 4 is 23.5 Å². The quantitative estimate of drug-likeness (QED) is 0.936. The van der Waals surface area contributed by atoms with Gasteiger partial charge in [-0.25, -0.2) is 4.39 Å². The summed E-state index contributed by atoms with van der Waals surface area (Å²) in [5.41, 5.74) is 0. The summed E-state index contributed by atoms with van der Waals surface area (Å²) in [6.45, 7) is 0. The zero-order chi connectivity index (χ0) is 14.7. The largest absolute Gasteiger partial charge is 0.421 e. The Labute approximate surface area is 120 Å². The summed E-state index contributed by atoms with van der Waals surface area (Å²) in [6, 6.07) is 4.43. The number of nitrogens with zero attached hydrogens (tertiary/aromatic N) is 4. The van der Waals surface area contributed by atoms with Crippen LogP contribution in [0.3, 0.4) is 0 Å². The lowest BCUT2D eigenvalue weighted by molar-refractivity contribution is 0.410. The number of nitrogens with one attached hydrogen (secondary N) is 1. The number of aromatic nitrogens is 3. The second kappa shape index (κ2) is 5.87. The molecule has 0 aliphatic carbocycles. The molecule has 0 aliphatic rings. The van der Waals surface area contributed by atoms with Gasteiger partial charge >= 0.3 is 6.01 Å². The molecule has 8 heteroatoms. The average molecular weight is 298 g/mol. The molecule has 0 saturated heterocycles. The van der Waals surface area contributed by atoms with Crippen LogP contribution >= 0.6 is 11.6 Å². The van der Waals surface area contributed by atoms with Crippen LogP contribution in [-0.2, 0) is 0 Å². The molecule has 106 valence electrons. The average Bonchev–Trinajstić information content (AvgIpc) is 2.43. The van der Waals surface area contributed by atoms with Gasteiger partial charge in [0.1, 0.15) is 0 Å². The molecule has 0 atom stereocenters. The fraction of sp³-hybridized carbons (Fsp3) is 0.250. The van der Waals surface area contributed by atoms with Gasteiger partial charge in [-0.15, -0.1) is 0 Å². The Hall–Kier alpha value is -2.15. The highest BCUT2D eigenvalue weighted by atomic mass is 35.5. The van der Waals surface area contributed by atoms with Crippen LogP contribution < -0.4 is 15.0 Å². The van der Waals surface area contributed by atoms with Gasteiger partial charge in [0.2, 0.25) is 11.9 Å². The monoisotopic (exact) mass is 297 g/mol. The highest BCUT2D eigenvalue weighted by molar-refractivity contribution is 6.30. The van der Waals surface area contributed by atoms with E-state index in [9.17, 15) is 4.39 Å². The van der Waals surface area contributed by atoms with Crippen LogP contribution in [-0.4, -0.2) is 36.1 Å². The van der Waals surface area contributed by atoms with Gasteiger partial charge in [-0.3, -0.25) is 0 Å². The standard InChI is InChI=1S/C12H13ClFN5O/c1-15-10-16-11(19(2)3)18-12(17-10)20-8-6-4-5-7(13)9(8)14/h4-6H,1-3H3,(H,15,16,17,18). The van der Waals surface area contributed by atoms with Gasteiger partial charge in [0.15, 0.2) is 11.6 Å². The molecule has 1 N–H and O–H groups in total. The van der Waals surface area contributed by atoms with Crippen LogP contribution in [0, 0.1) is 5.82 Å². The van der Waals surface area contributed by atoms with E-state index in [2.05, 4.69) is 20.3 Å². The Morgan fingerprint density at radius 3 is 2.65 bits per heavy atom. The number of hydrogen-bond donors (Lipinski definition) is 1. The lowest BCUT2D eigenvalue weighted by Gasteiger charge is -2.12. The van der Waals surface area contributed by atoms with Crippen molar-refractivity contribution in [1.82, 2.24) is 15.0 Å². The van der Waals surface area contributed by atoms with Crippen molar-refractivity contribution in [3.63, 3.8) is 0 Å². The molecular formula is C12H13ClFN5O. The van der Waals surface area contributed by atoms with E-state index in [0.29, 0.717) is 11.9 Å². The smallest absolute Gasteiger partial charge is 0.328 e. The number of halogens is 2. The van der Waals surface area contributed by atoms with E-state index in [1.807, 2.05) is 0 Å². The van der Waals surface area contributed by atoms with E-state index in [1.54, 1.807) is 32.1 Å². The van der Waals surface area contributed by atoms with Crippen LogP contribution in [0.4, 0.5) is 16.3 Å². The SMILES string of the molecule is CNc1nc(Oc2cccc(Cl)c2F)nc(N(C)C)n1. The minimum atomic E-state index is -0.660. The number of anilines is 2. The molecule has 6 nitrogen and oxygen atoms in total. The Balaban J connectivity index is 2.37. The lowest BCUT2D eigenvalue weighted by Crippen LogP contribution is -2.15. The van der Waals surface area contributed by atoms with Crippen molar-refractivity contribution in [2.24, 2.45) is 0 Å². The summed E-state index contributed by atoms with van der Waals surface area (Å²) >= 11 is 5.69. The molecule has 2 aromatic rings. The first kappa shape index (κ1) is 14.3. The molecule has 1 aromatic heterocycles. The van der Waals surface area contributed by atoms with Crippen LogP contribution in [0.2, 0.25) is 5.02 Å². The van der Waals surface area contributed by atoms with E-state index >= 15 is 0 Å². The van der Waals surface area contributed by atoms with Crippen LogP contribution in [0.25, 0.3) is 0 Å². The third-order valence-electron chi connectivity index (χ3n) is 2.34. The van der Waals surface area contributed by atoms with Crippen molar-refractivity contribution in [2.75, 3.05) is 31.4 Å². The third-order valence-corrected chi connectivity index (χ3v) is 2.64. The fourth-order valence-electron chi connectivity index (χ4n) is 1.36. The van der Waals surface area contributed by atoms with Gasteiger partial charge in [0, 0.05) is 21.1 Å². The highest BCUT2D eigenvalue weighted by Gasteiger charge is 2.13. The summed E-state index contributed by atoms with van der Waals surface area (Å²) in [6.07, 6.45) is 0. The van der Waals surface area contributed by atoms with E-state index in [1.165, 1.54) is 12.1 Å². The van der Waals surface area contributed by atoms with Gasteiger partial charge < -0.3 is 15.0 Å². The Bertz CT molecular complexity index is 623. The normalized spacial score (nSPS) is 10.2. The van der Waals surface area contributed by atoms with E-state index < -0.39 is 5.82 Å². The molecule has 20 heavy (non-hydrogen) atoms. The highest BCUT2D eigenvalue weighted by Crippen LogP contribution is 2.27. The molecule has 2 rings (SSSR count). The van der Waals surface area contributed by atoms with Gasteiger partial charge in [-0.2, -0.15) is 15.0 Å². The first-order chi connectivity index (χ1) is 9.51. The van der Waals surface area contributed by atoms with Crippen LogP contribution in [0.5, 0.6) is 11.8 Å². The Morgan fingerprint density at radius 1 is 1.25 bits per heavy atom. The molecule has 1 heterocycles. The lowest BCUT2D eigenvalue weighted by atomic mass is 10.3. The first-order valence-corrected chi connectivity index (χ1v) is 6.12. The predicted molar refractivity (Wildman–Crippen MR) is 75.2 cm³/mol. The van der Waals surface area contributed by atoms with Crippen molar-refractivity contribution in [1.29, 1.82) is 0 Å². The Morgan fingerprint density at radius 2 is 2.00 bits per heavy atom. The number of benzene rings is 1. The molecule has 0 radical (unpaired) electrons. The van der Waals surface area contributed by atoms with Crippen LogP contribution in [0.1, 0.15) is 0 Å². The van der Waals surface area contributed by atoms with E-state index in [4.69, 9.17) is 16.3 Å². The first-order valence-electron chi connectivity index (χ1n) is 5.74. The molecule has 0 spiro atoms. The molecule has 0 amide bonds. The predicted octanol–water partition coefficient (Wildman–Crippen LogP) is 2.56. The maximum atomic E-state index is 13.8. The third kappa shape index (κ3) is 3.05. The van der Waals surface area contributed by atoms with Gasteiger partial charge in [-0.05, 0) is 12.1 Å². The van der Waals surface area contributed by atoms with Crippen molar-refractivity contribution in [3.8, 4) is 11.8 Å². The number of hydrogen-bond acceptors (Lipinski definition) is 6. The number of rotatable bonds is 4. The fourth-order valence-corrected chi connectivity index (χ4v) is 1.53. The molecule has 0 fully saturated rings. The van der Waals surface area contributed by atoms with Gasteiger partial charge in [-0.1, -0.05) is 17.7 Å². The minimum absolute atomic E-state index is 0.0192. The Kier molecular flexibility index (Phi) is 4.19. The zero-order valence-electron chi connectivity index (χ0n) is 11.2. The topological polar surface area (TPSA) is 63.2 Å². The molecule has 0 bridgehead atoms.